The van der Waals surface area contributed by atoms with Crippen molar-refractivity contribution in [3.05, 3.63) is 29.8 Å². The van der Waals surface area contributed by atoms with Gasteiger partial charge in [0, 0.05) is 12.5 Å². The summed E-state index contributed by atoms with van der Waals surface area (Å²) in [6.45, 7) is 2.93. The first-order valence-corrected chi connectivity index (χ1v) is 6.96. The van der Waals surface area contributed by atoms with Gasteiger partial charge in [0.2, 0.25) is 0 Å². The SMILES string of the molecule is CC(CCC(=O)O)NC(=O)C(C)Oc1ccccc1C(F)(F)F. The molecular weight excluding hydrogens is 315 g/mol. The number of halogens is 3. The summed E-state index contributed by atoms with van der Waals surface area (Å²) in [5, 5.41) is 11.1. The summed E-state index contributed by atoms with van der Waals surface area (Å²) in [6, 6.07) is 4.19. The summed E-state index contributed by atoms with van der Waals surface area (Å²) in [7, 11) is 0. The van der Waals surface area contributed by atoms with Gasteiger partial charge in [0.25, 0.3) is 5.91 Å². The van der Waals surface area contributed by atoms with Crippen LogP contribution >= 0.6 is 0 Å². The Morgan fingerprint density at radius 3 is 2.43 bits per heavy atom. The molecule has 0 aliphatic carbocycles. The maximum Gasteiger partial charge on any atom is 0.419 e. The fraction of sp³-hybridized carbons (Fsp3) is 0.467. The maximum absolute atomic E-state index is 12.8. The zero-order valence-corrected chi connectivity index (χ0v) is 12.7. The lowest BCUT2D eigenvalue weighted by molar-refractivity contribution is -0.140. The summed E-state index contributed by atoms with van der Waals surface area (Å²) in [5.41, 5.74) is -0.960. The number of alkyl halides is 3. The average Bonchev–Trinajstić information content (AvgIpc) is 2.44. The van der Waals surface area contributed by atoms with E-state index in [1.807, 2.05) is 0 Å². The molecule has 0 aliphatic rings. The average molecular weight is 333 g/mol. The van der Waals surface area contributed by atoms with Crippen LogP contribution in [0.3, 0.4) is 0 Å². The monoisotopic (exact) mass is 333 g/mol. The van der Waals surface area contributed by atoms with E-state index in [9.17, 15) is 22.8 Å². The molecule has 0 saturated carbocycles. The predicted octanol–water partition coefficient (Wildman–Crippen LogP) is 2.84. The minimum Gasteiger partial charge on any atom is -0.481 e. The number of carboxylic acids is 1. The van der Waals surface area contributed by atoms with Crippen LogP contribution in [0.25, 0.3) is 0 Å². The van der Waals surface area contributed by atoms with Crippen molar-refractivity contribution in [1.82, 2.24) is 5.32 Å². The third-order valence-electron chi connectivity index (χ3n) is 3.05. The predicted molar refractivity (Wildman–Crippen MR) is 76.0 cm³/mol. The summed E-state index contributed by atoms with van der Waals surface area (Å²) >= 11 is 0. The third kappa shape index (κ3) is 6.17. The number of carbonyl (C=O) groups excluding carboxylic acids is 1. The number of aliphatic carboxylic acids is 1. The Hall–Kier alpha value is -2.25. The summed E-state index contributed by atoms with van der Waals surface area (Å²) in [5.74, 6) is -2.03. The fourth-order valence-corrected chi connectivity index (χ4v) is 1.82. The molecule has 1 aromatic carbocycles. The molecule has 1 rings (SSSR count). The number of nitrogens with one attached hydrogen (secondary N) is 1. The van der Waals surface area contributed by atoms with Crippen molar-refractivity contribution in [3.63, 3.8) is 0 Å². The molecule has 2 atom stereocenters. The quantitative estimate of drug-likeness (QED) is 0.804. The topological polar surface area (TPSA) is 75.6 Å². The van der Waals surface area contributed by atoms with Crippen LogP contribution < -0.4 is 10.1 Å². The summed E-state index contributed by atoms with van der Waals surface area (Å²) < 4.78 is 43.7. The van der Waals surface area contributed by atoms with Crippen molar-refractivity contribution >= 4 is 11.9 Å². The van der Waals surface area contributed by atoms with E-state index in [2.05, 4.69) is 5.32 Å². The highest BCUT2D eigenvalue weighted by Crippen LogP contribution is 2.36. The van der Waals surface area contributed by atoms with Crippen LogP contribution in [0.1, 0.15) is 32.3 Å². The molecule has 0 aromatic heterocycles. The van der Waals surface area contributed by atoms with Crippen molar-refractivity contribution in [3.8, 4) is 5.75 Å². The molecule has 0 fully saturated rings. The number of hydrogen-bond acceptors (Lipinski definition) is 3. The number of carboxylic acid groups (broad SMARTS) is 1. The minimum atomic E-state index is -4.58. The molecule has 1 amide bonds. The first-order chi connectivity index (χ1) is 10.6. The Morgan fingerprint density at radius 2 is 1.87 bits per heavy atom. The third-order valence-corrected chi connectivity index (χ3v) is 3.05. The number of carbonyl (C=O) groups is 2. The van der Waals surface area contributed by atoms with Crippen LogP contribution in [0.5, 0.6) is 5.75 Å². The van der Waals surface area contributed by atoms with E-state index in [0.29, 0.717) is 0 Å². The Morgan fingerprint density at radius 1 is 1.26 bits per heavy atom. The highest BCUT2D eigenvalue weighted by Gasteiger charge is 2.34. The molecule has 0 heterocycles. The molecule has 0 saturated heterocycles. The highest BCUT2D eigenvalue weighted by molar-refractivity contribution is 5.81. The normalized spacial score (nSPS) is 14.0. The molecule has 128 valence electrons. The van der Waals surface area contributed by atoms with Gasteiger partial charge in [-0.2, -0.15) is 13.2 Å². The molecule has 5 nitrogen and oxygen atoms in total. The van der Waals surface area contributed by atoms with Crippen LogP contribution in [0.4, 0.5) is 13.2 Å². The van der Waals surface area contributed by atoms with Gasteiger partial charge in [-0.05, 0) is 32.4 Å². The van der Waals surface area contributed by atoms with E-state index in [1.54, 1.807) is 6.92 Å². The van der Waals surface area contributed by atoms with Crippen molar-refractivity contribution < 1.29 is 32.6 Å². The van der Waals surface area contributed by atoms with Gasteiger partial charge in [-0.15, -0.1) is 0 Å². The standard InChI is InChI=1S/C15H18F3NO4/c1-9(7-8-13(20)21)19-14(22)10(2)23-12-6-4-3-5-11(12)15(16,17)18/h3-6,9-10H,7-8H2,1-2H3,(H,19,22)(H,20,21). The zero-order chi connectivity index (χ0) is 17.6. The first kappa shape index (κ1) is 18.8. The summed E-state index contributed by atoms with van der Waals surface area (Å²) in [4.78, 5) is 22.4. The van der Waals surface area contributed by atoms with Crippen LogP contribution in [0, 0.1) is 0 Å². The number of rotatable bonds is 7. The van der Waals surface area contributed by atoms with Gasteiger partial charge in [0.15, 0.2) is 6.10 Å². The molecule has 2 unspecified atom stereocenters. The van der Waals surface area contributed by atoms with Crippen molar-refractivity contribution in [1.29, 1.82) is 0 Å². The smallest absolute Gasteiger partial charge is 0.419 e. The summed E-state index contributed by atoms with van der Waals surface area (Å²) in [6.07, 6.45) is -5.63. The van der Waals surface area contributed by atoms with Gasteiger partial charge in [0.05, 0.1) is 5.56 Å². The van der Waals surface area contributed by atoms with Crippen LogP contribution in [0.15, 0.2) is 24.3 Å². The van der Waals surface area contributed by atoms with E-state index in [1.165, 1.54) is 19.1 Å². The molecular formula is C15H18F3NO4. The van der Waals surface area contributed by atoms with Gasteiger partial charge >= 0.3 is 12.1 Å². The van der Waals surface area contributed by atoms with Crippen LogP contribution in [-0.2, 0) is 15.8 Å². The molecule has 0 spiro atoms. The lowest BCUT2D eigenvalue weighted by Crippen LogP contribution is -2.41. The first-order valence-electron chi connectivity index (χ1n) is 6.96. The fourth-order valence-electron chi connectivity index (χ4n) is 1.82. The van der Waals surface area contributed by atoms with Crippen LogP contribution in [0.2, 0.25) is 0 Å². The van der Waals surface area contributed by atoms with Gasteiger partial charge < -0.3 is 15.2 Å². The van der Waals surface area contributed by atoms with Gasteiger partial charge in [-0.1, -0.05) is 12.1 Å². The molecule has 23 heavy (non-hydrogen) atoms. The van der Waals surface area contributed by atoms with Gasteiger partial charge in [0.1, 0.15) is 5.75 Å². The second kappa shape index (κ2) is 7.85. The highest BCUT2D eigenvalue weighted by atomic mass is 19.4. The Kier molecular flexibility index (Phi) is 6.41. The Labute approximate surface area is 131 Å². The van der Waals surface area contributed by atoms with Gasteiger partial charge in [-0.25, -0.2) is 0 Å². The number of benzene rings is 1. The number of hydrogen-bond donors (Lipinski definition) is 2. The lowest BCUT2D eigenvalue weighted by Gasteiger charge is -2.20. The van der Waals surface area contributed by atoms with Crippen LogP contribution in [-0.4, -0.2) is 29.1 Å². The van der Waals surface area contributed by atoms with Gasteiger partial charge in [-0.3, -0.25) is 9.59 Å². The second-order valence-electron chi connectivity index (χ2n) is 5.10. The Bertz CT molecular complexity index is 560. The second-order valence-corrected chi connectivity index (χ2v) is 5.10. The molecule has 2 N–H and O–H groups in total. The number of amides is 1. The van der Waals surface area contributed by atoms with Crippen molar-refractivity contribution in [2.24, 2.45) is 0 Å². The molecule has 0 aliphatic heterocycles. The minimum absolute atomic E-state index is 0.117. The maximum atomic E-state index is 12.8. The van der Waals surface area contributed by atoms with E-state index < -0.39 is 41.5 Å². The molecule has 0 radical (unpaired) electrons. The van der Waals surface area contributed by atoms with Crippen molar-refractivity contribution in [2.45, 2.75) is 45.0 Å². The van der Waals surface area contributed by atoms with E-state index in [4.69, 9.17) is 9.84 Å². The number of para-hydroxylation sites is 1. The van der Waals surface area contributed by atoms with E-state index >= 15 is 0 Å². The molecule has 8 heteroatoms. The number of ether oxygens (including phenoxy) is 1. The molecule has 0 bridgehead atoms. The lowest BCUT2D eigenvalue weighted by atomic mass is 10.1. The Balaban J connectivity index is 2.67. The molecule has 1 aromatic rings. The van der Waals surface area contributed by atoms with E-state index in [0.717, 1.165) is 12.1 Å². The zero-order valence-electron chi connectivity index (χ0n) is 12.7. The van der Waals surface area contributed by atoms with E-state index in [-0.39, 0.29) is 12.8 Å². The largest absolute Gasteiger partial charge is 0.481 e. The van der Waals surface area contributed by atoms with Crippen molar-refractivity contribution in [2.75, 3.05) is 0 Å².